The SMILES string of the molecule is C[C@@H](O)c1ccccc1N1CCCC1CO. The van der Waals surface area contributed by atoms with Gasteiger partial charge in [-0.1, -0.05) is 18.2 Å². The Morgan fingerprint density at radius 1 is 1.44 bits per heavy atom. The lowest BCUT2D eigenvalue weighted by atomic mass is 10.1. The van der Waals surface area contributed by atoms with E-state index in [2.05, 4.69) is 4.90 Å². The zero-order chi connectivity index (χ0) is 11.5. The van der Waals surface area contributed by atoms with Gasteiger partial charge in [-0.15, -0.1) is 0 Å². The van der Waals surface area contributed by atoms with E-state index in [1.54, 1.807) is 6.92 Å². The summed E-state index contributed by atoms with van der Waals surface area (Å²) in [6, 6.07) is 8.10. The van der Waals surface area contributed by atoms with Crippen LogP contribution in [0.1, 0.15) is 31.4 Å². The van der Waals surface area contributed by atoms with Crippen molar-refractivity contribution in [2.24, 2.45) is 0 Å². The van der Waals surface area contributed by atoms with Crippen molar-refractivity contribution < 1.29 is 10.2 Å². The van der Waals surface area contributed by atoms with Gasteiger partial charge in [0.1, 0.15) is 0 Å². The average Bonchev–Trinajstić information content (AvgIpc) is 2.76. The van der Waals surface area contributed by atoms with Crippen LogP contribution in [0.3, 0.4) is 0 Å². The van der Waals surface area contributed by atoms with Crippen molar-refractivity contribution >= 4 is 5.69 Å². The van der Waals surface area contributed by atoms with Crippen LogP contribution < -0.4 is 4.90 Å². The predicted molar refractivity (Wildman–Crippen MR) is 64.5 cm³/mol. The number of hydrogen-bond donors (Lipinski definition) is 2. The molecule has 3 heteroatoms. The average molecular weight is 221 g/mol. The highest BCUT2D eigenvalue weighted by molar-refractivity contribution is 5.56. The molecule has 0 amide bonds. The summed E-state index contributed by atoms with van der Waals surface area (Å²) in [7, 11) is 0. The standard InChI is InChI=1S/C13H19NO2/c1-10(16)12-6-2-3-7-13(12)14-8-4-5-11(14)9-15/h2-3,6-7,10-11,15-16H,4-5,8-9H2,1H3/t10-,11?/m1/s1. The van der Waals surface area contributed by atoms with Crippen molar-refractivity contribution in [3.05, 3.63) is 29.8 Å². The lowest BCUT2D eigenvalue weighted by molar-refractivity contribution is 0.199. The molecular weight excluding hydrogens is 202 g/mol. The van der Waals surface area contributed by atoms with Gasteiger partial charge in [0, 0.05) is 17.8 Å². The maximum Gasteiger partial charge on any atom is 0.0781 e. The molecule has 0 bridgehead atoms. The Morgan fingerprint density at radius 2 is 2.19 bits per heavy atom. The van der Waals surface area contributed by atoms with Gasteiger partial charge in [-0.2, -0.15) is 0 Å². The first kappa shape index (κ1) is 11.4. The van der Waals surface area contributed by atoms with Crippen LogP contribution in [0.2, 0.25) is 0 Å². The maximum absolute atomic E-state index is 9.73. The first-order chi connectivity index (χ1) is 7.74. The van der Waals surface area contributed by atoms with Crippen LogP contribution in [0.5, 0.6) is 0 Å². The topological polar surface area (TPSA) is 43.7 Å². The number of aliphatic hydroxyl groups excluding tert-OH is 2. The molecule has 3 nitrogen and oxygen atoms in total. The van der Waals surface area contributed by atoms with Gasteiger partial charge in [-0.05, 0) is 25.8 Å². The van der Waals surface area contributed by atoms with Gasteiger partial charge in [0.25, 0.3) is 0 Å². The number of hydrogen-bond acceptors (Lipinski definition) is 3. The van der Waals surface area contributed by atoms with E-state index in [0.717, 1.165) is 30.6 Å². The second kappa shape index (κ2) is 4.85. The van der Waals surface area contributed by atoms with Gasteiger partial charge in [-0.25, -0.2) is 0 Å². The summed E-state index contributed by atoms with van der Waals surface area (Å²) >= 11 is 0. The van der Waals surface area contributed by atoms with Crippen molar-refractivity contribution in [2.45, 2.75) is 31.9 Å². The molecule has 16 heavy (non-hydrogen) atoms. The summed E-state index contributed by atoms with van der Waals surface area (Å²) < 4.78 is 0. The minimum atomic E-state index is -0.462. The molecule has 1 aliphatic heterocycles. The molecule has 2 rings (SSSR count). The van der Waals surface area contributed by atoms with Crippen LogP contribution in [0.15, 0.2) is 24.3 Å². The summed E-state index contributed by atoms with van der Waals surface area (Å²) in [6.45, 7) is 2.94. The van der Waals surface area contributed by atoms with Crippen molar-refractivity contribution in [2.75, 3.05) is 18.1 Å². The van der Waals surface area contributed by atoms with Gasteiger partial charge in [0.05, 0.1) is 18.8 Å². The van der Waals surface area contributed by atoms with Crippen molar-refractivity contribution in [1.82, 2.24) is 0 Å². The minimum absolute atomic E-state index is 0.189. The largest absolute Gasteiger partial charge is 0.394 e. The lowest BCUT2D eigenvalue weighted by Crippen LogP contribution is -2.32. The van der Waals surface area contributed by atoms with E-state index in [1.807, 2.05) is 24.3 Å². The number of para-hydroxylation sites is 1. The highest BCUT2D eigenvalue weighted by Gasteiger charge is 2.26. The Labute approximate surface area is 96.3 Å². The quantitative estimate of drug-likeness (QED) is 0.816. The second-order valence-corrected chi connectivity index (χ2v) is 4.41. The minimum Gasteiger partial charge on any atom is -0.394 e. The molecule has 1 unspecified atom stereocenters. The molecule has 88 valence electrons. The fourth-order valence-corrected chi connectivity index (χ4v) is 2.45. The molecule has 1 saturated heterocycles. The molecule has 1 heterocycles. The van der Waals surface area contributed by atoms with E-state index in [4.69, 9.17) is 0 Å². The van der Waals surface area contributed by atoms with Gasteiger partial charge < -0.3 is 15.1 Å². The van der Waals surface area contributed by atoms with Crippen molar-refractivity contribution in [1.29, 1.82) is 0 Å². The van der Waals surface area contributed by atoms with E-state index in [-0.39, 0.29) is 12.6 Å². The Morgan fingerprint density at radius 3 is 2.88 bits per heavy atom. The first-order valence-electron chi connectivity index (χ1n) is 5.88. The Hall–Kier alpha value is -1.06. The van der Waals surface area contributed by atoms with Crippen LogP contribution >= 0.6 is 0 Å². The molecule has 1 aliphatic rings. The maximum atomic E-state index is 9.73. The highest BCUT2D eigenvalue weighted by atomic mass is 16.3. The van der Waals surface area contributed by atoms with E-state index in [0.29, 0.717) is 0 Å². The fraction of sp³-hybridized carbons (Fsp3) is 0.538. The zero-order valence-corrected chi connectivity index (χ0v) is 9.63. The highest BCUT2D eigenvalue weighted by Crippen LogP contribution is 2.31. The fourth-order valence-electron chi connectivity index (χ4n) is 2.45. The van der Waals surface area contributed by atoms with Crippen LogP contribution in [-0.2, 0) is 0 Å². The zero-order valence-electron chi connectivity index (χ0n) is 9.63. The molecule has 1 fully saturated rings. The predicted octanol–water partition coefficient (Wildman–Crippen LogP) is 1.70. The molecule has 0 saturated carbocycles. The lowest BCUT2D eigenvalue weighted by Gasteiger charge is -2.28. The smallest absolute Gasteiger partial charge is 0.0781 e. The summed E-state index contributed by atoms with van der Waals surface area (Å²) in [5, 5.41) is 19.1. The van der Waals surface area contributed by atoms with Crippen LogP contribution in [0.4, 0.5) is 5.69 Å². The number of anilines is 1. The molecule has 0 aromatic heterocycles. The second-order valence-electron chi connectivity index (χ2n) is 4.41. The Balaban J connectivity index is 2.32. The molecule has 0 aliphatic carbocycles. The Kier molecular flexibility index (Phi) is 3.46. The molecular formula is C13H19NO2. The Bertz CT molecular complexity index is 352. The monoisotopic (exact) mass is 221 g/mol. The molecule has 0 spiro atoms. The van der Waals surface area contributed by atoms with Gasteiger partial charge in [0.2, 0.25) is 0 Å². The van der Waals surface area contributed by atoms with E-state index >= 15 is 0 Å². The van der Waals surface area contributed by atoms with Crippen LogP contribution in [0, 0.1) is 0 Å². The molecule has 0 radical (unpaired) electrons. The molecule has 2 atom stereocenters. The summed E-state index contributed by atoms with van der Waals surface area (Å²) in [4.78, 5) is 2.21. The van der Waals surface area contributed by atoms with E-state index in [1.165, 1.54) is 0 Å². The van der Waals surface area contributed by atoms with E-state index in [9.17, 15) is 10.2 Å². The molecule has 1 aromatic rings. The van der Waals surface area contributed by atoms with Crippen LogP contribution in [0.25, 0.3) is 0 Å². The molecule has 2 N–H and O–H groups in total. The van der Waals surface area contributed by atoms with Gasteiger partial charge in [-0.3, -0.25) is 0 Å². The first-order valence-corrected chi connectivity index (χ1v) is 5.88. The van der Waals surface area contributed by atoms with E-state index < -0.39 is 6.10 Å². The number of rotatable bonds is 3. The van der Waals surface area contributed by atoms with Crippen molar-refractivity contribution in [3.8, 4) is 0 Å². The van der Waals surface area contributed by atoms with Crippen molar-refractivity contribution in [3.63, 3.8) is 0 Å². The number of nitrogens with zero attached hydrogens (tertiary/aromatic N) is 1. The third kappa shape index (κ3) is 2.06. The summed E-state index contributed by atoms with van der Waals surface area (Å²) in [6.07, 6.45) is 1.68. The van der Waals surface area contributed by atoms with Gasteiger partial charge >= 0.3 is 0 Å². The van der Waals surface area contributed by atoms with Gasteiger partial charge in [0.15, 0.2) is 0 Å². The third-order valence-corrected chi connectivity index (χ3v) is 3.28. The number of aliphatic hydroxyl groups is 2. The number of benzene rings is 1. The third-order valence-electron chi connectivity index (χ3n) is 3.28. The summed E-state index contributed by atoms with van der Waals surface area (Å²) in [5.74, 6) is 0. The van der Waals surface area contributed by atoms with Crippen LogP contribution in [-0.4, -0.2) is 29.4 Å². The molecule has 1 aromatic carbocycles. The summed E-state index contributed by atoms with van der Waals surface area (Å²) in [5.41, 5.74) is 2.01. The normalized spacial score (nSPS) is 22.4.